The van der Waals surface area contributed by atoms with Crippen LogP contribution >= 0.6 is 34.7 Å². The molecule has 1 nitrogen and oxygen atoms in total. The number of hydrogen-bond donors (Lipinski definition) is 0. The van der Waals surface area contributed by atoms with Crippen LogP contribution in [0.3, 0.4) is 0 Å². The topological polar surface area (TPSA) is 3.24 Å². The molecule has 1 aromatic carbocycles. The van der Waals surface area contributed by atoms with Crippen molar-refractivity contribution in [2.24, 2.45) is 0 Å². The molecule has 3 rings (SSSR count). The van der Waals surface area contributed by atoms with Crippen LogP contribution in [0.4, 0.5) is 11.4 Å². The summed E-state index contributed by atoms with van der Waals surface area (Å²) in [5.74, 6) is 0.714. The van der Waals surface area contributed by atoms with Crippen LogP contribution in [0.25, 0.3) is 0 Å². The zero-order valence-electron chi connectivity index (χ0n) is 9.23. The second-order valence-electron chi connectivity index (χ2n) is 3.86. The molecule has 2 aromatic rings. The molecule has 17 heavy (non-hydrogen) atoms. The number of benzene rings is 1. The van der Waals surface area contributed by atoms with Crippen molar-refractivity contribution in [1.29, 1.82) is 0 Å². The third-order valence-electron chi connectivity index (χ3n) is 2.77. The molecular weight excluding hydrogens is 270 g/mol. The maximum absolute atomic E-state index is 5.82. The summed E-state index contributed by atoms with van der Waals surface area (Å²) in [4.78, 5) is 3.73. The minimum absolute atomic E-state index is 0.714. The lowest BCUT2D eigenvalue weighted by Crippen LogP contribution is -2.21. The van der Waals surface area contributed by atoms with Crippen LogP contribution in [-0.2, 0) is 0 Å². The fourth-order valence-electron chi connectivity index (χ4n) is 2.02. The molecule has 2 heterocycles. The minimum Gasteiger partial charge on any atom is -0.339 e. The van der Waals surface area contributed by atoms with E-state index in [4.69, 9.17) is 11.6 Å². The van der Waals surface area contributed by atoms with Crippen molar-refractivity contribution >= 4 is 46.1 Å². The second-order valence-corrected chi connectivity index (χ2v) is 6.46. The molecular formula is C13H12ClNS2. The van der Waals surface area contributed by atoms with Crippen LogP contribution in [0.1, 0.15) is 6.42 Å². The van der Waals surface area contributed by atoms with Gasteiger partial charge in [-0.2, -0.15) is 0 Å². The van der Waals surface area contributed by atoms with E-state index in [-0.39, 0.29) is 0 Å². The van der Waals surface area contributed by atoms with E-state index in [1.807, 2.05) is 23.1 Å². The lowest BCUT2D eigenvalue weighted by Gasteiger charge is -2.30. The molecule has 0 aliphatic carbocycles. The lowest BCUT2D eigenvalue weighted by molar-refractivity contribution is 0.875. The third kappa shape index (κ3) is 2.07. The summed E-state index contributed by atoms with van der Waals surface area (Å²) in [6.45, 7) is 0.991. The molecule has 0 saturated heterocycles. The van der Waals surface area contributed by atoms with Gasteiger partial charge >= 0.3 is 0 Å². The number of para-hydroxylation sites is 1. The summed E-state index contributed by atoms with van der Waals surface area (Å²) < 4.78 is 1.39. The van der Waals surface area contributed by atoms with Gasteiger partial charge in [0.2, 0.25) is 0 Å². The zero-order chi connectivity index (χ0) is 11.7. The Balaban J connectivity index is 2.02. The Hall–Kier alpha value is -0.640. The Morgan fingerprint density at radius 1 is 1.12 bits per heavy atom. The van der Waals surface area contributed by atoms with Crippen LogP contribution in [0, 0.1) is 0 Å². The van der Waals surface area contributed by atoms with Crippen molar-refractivity contribution in [3.63, 3.8) is 0 Å². The highest BCUT2D eigenvalue weighted by atomic mass is 35.5. The molecule has 0 bridgehead atoms. The van der Waals surface area contributed by atoms with Gasteiger partial charge in [0.25, 0.3) is 0 Å². The molecule has 0 unspecified atom stereocenters. The SMILES string of the molecule is ClCCCN1c2ccccc2Sc2sccc21. The van der Waals surface area contributed by atoms with E-state index in [1.54, 1.807) is 0 Å². The first-order valence-electron chi connectivity index (χ1n) is 5.58. The van der Waals surface area contributed by atoms with E-state index in [0.717, 1.165) is 13.0 Å². The largest absolute Gasteiger partial charge is 0.339 e. The lowest BCUT2D eigenvalue weighted by atomic mass is 10.2. The number of hydrogen-bond acceptors (Lipinski definition) is 3. The quantitative estimate of drug-likeness (QED) is 0.730. The summed E-state index contributed by atoms with van der Waals surface area (Å²) >= 11 is 9.50. The molecule has 1 aliphatic rings. The second kappa shape index (κ2) is 4.92. The van der Waals surface area contributed by atoms with E-state index >= 15 is 0 Å². The van der Waals surface area contributed by atoms with Crippen molar-refractivity contribution in [1.82, 2.24) is 0 Å². The van der Waals surface area contributed by atoms with Gasteiger partial charge in [0.1, 0.15) is 0 Å². The van der Waals surface area contributed by atoms with Crippen LogP contribution in [0.2, 0.25) is 0 Å². The van der Waals surface area contributed by atoms with Crippen molar-refractivity contribution < 1.29 is 0 Å². The average molecular weight is 282 g/mol. The molecule has 1 aliphatic heterocycles. The van der Waals surface area contributed by atoms with Gasteiger partial charge in [0.05, 0.1) is 15.6 Å². The van der Waals surface area contributed by atoms with E-state index in [0.29, 0.717) is 5.88 Å². The summed E-state index contributed by atoms with van der Waals surface area (Å²) in [6, 6.07) is 10.8. The summed E-state index contributed by atoms with van der Waals surface area (Å²) in [5, 5.41) is 2.16. The monoisotopic (exact) mass is 281 g/mol. The van der Waals surface area contributed by atoms with Crippen LogP contribution < -0.4 is 4.90 Å². The van der Waals surface area contributed by atoms with Gasteiger partial charge in [-0.25, -0.2) is 0 Å². The summed E-state index contributed by atoms with van der Waals surface area (Å²) in [5.41, 5.74) is 2.65. The van der Waals surface area contributed by atoms with Gasteiger partial charge < -0.3 is 4.90 Å². The van der Waals surface area contributed by atoms with Crippen LogP contribution in [0.5, 0.6) is 0 Å². The number of anilines is 2. The predicted octanol–water partition coefficient (Wildman–Crippen LogP) is 4.98. The van der Waals surface area contributed by atoms with Gasteiger partial charge in [0, 0.05) is 17.3 Å². The molecule has 0 N–H and O–H groups in total. The normalized spacial score (nSPS) is 13.4. The van der Waals surface area contributed by atoms with Crippen molar-refractivity contribution in [2.45, 2.75) is 15.5 Å². The van der Waals surface area contributed by atoms with Crippen molar-refractivity contribution in [3.05, 3.63) is 35.7 Å². The molecule has 4 heteroatoms. The maximum Gasteiger partial charge on any atom is 0.0884 e. The number of halogens is 1. The van der Waals surface area contributed by atoms with Gasteiger partial charge in [0.15, 0.2) is 0 Å². The average Bonchev–Trinajstić information content (AvgIpc) is 2.82. The van der Waals surface area contributed by atoms with Gasteiger partial charge in [-0.1, -0.05) is 23.9 Å². The van der Waals surface area contributed by atoms with Crippen molar-refractivity contribution in [2.75, 3.05) is 17.3 Å². The summed E-state index contributed by atoms with van der Waals surface area (Å²) in [6.07, 6.45) is 1.01. The smallest absolute Gasteiger partial charge is 0.0884 e. The Morgan fingerprint density at radius 3 is 2.88 bits per heavy atom. The fourth-order valence-corrected chi connectivity index (χ4v) is 4.30. The van der Waals surface area contributed by atoms with Gasteiger partial charge in [-0.3, -0.25) is 0 Å². The molecule has 0 amide bonds. The number of rotatable bonds is 3. The highest BCUT2D eigenvalue weighted by Crippen LogP contribution is 2.50. The molecule has 0 spiro atoms. The Kier molecular flexibility index (Phi) is 3.32. The Labute approximate surface area is 114 Å². The Morgan fingerprint density at radius 2 is 2.00 bits per heavy atom. The first-order valence-corrected chi connectivity index (χ1v) is 7.81. The highest BCUT2D eigenvalue weighted by molar-refractivity contribution is 8.01. The molecule has 88 valence electrons. The fraction of sp³-hybridized carbons (Fsp3) is 0.231. The maximum atomic E-state index is 5.82. The number of fused-ring (bicyclic) bond motifs is 2. The minimum atomic E-state index is 0.714. The summed E-state index contributed by atoms with van der Waals surface area (Å²) in [7, 11) is 0. The Bertz CT molecular complexity index is 524. The molecule has 0 radical (unpaired) electrons. The highest BCUT2D eigenvalue weighted by Gasteiger charge is 2.23. The van der Waals surface area contributed by atoms with E-state index < -0.39 is 0 Å². The molecule has 0 fully saturated rings. The standard InChI is InChI=1S/C13H12ClNS2/c14-7-3-8-15-10-4-1-2-5-12(10)17-13-11(15)6-9-16-13/h1-2,4-6,9H,3,7-8H2. The van der Waals surface area contributed by atoms with E-state index in [9.17, 15) is 0 Å². The van der Waals surface area contributed by atoms with Crippen molar-refractivity contribution in [3.8, 4) is 0 Å². The number of nitrogens with zero attached hydrogens (tertiary/aromatic N) is 1. The predicted molar refractivity (Wildman–Crippen MR) is 77.2 cm³/mol. The van der Waals surface area contributed by atoms with E-state index in [1.165, 1.54) is 20.5 Å². The molecule has 0 saturated carbocycles. The van der Waals surface area contributed by atoms with E-state index in [2.05, 4.69) is 40.6 Å². The van der Waals surface area contributed by atoms with Gasteiger partial charge in [-0.05, 0) is 30.0 Å². The first kappa shape index (κ1) is 11.5. The third-order valence-corrected chi connectivity index (χ3v) is 5.24. The molecule has 0 atom stereocenters. The number of thiophene rings is 1. The molecule has 1 aromatic heterocycles. The number of alkyl halides is 1. The van der Waals surface area contributed by atoms with Gasteiger partial charge in [-0.15, -0.1) is 22.9 Å². The van der Waals surface area contributed by atoms with Crippen LogP contribution in [0.15, 0.2) is 44.8 Å². The van der Waals surface area contributed by atoms with Crippen LogP contribution in [-0.4, -0.2) is 12.4 Å². The first-order chi connectivity index (χ1) is 8.40. The zero-order valence-corrected chi connectivity index (χ0v) is 11.6.